The van der Waals surface area contributed by atoms with E-state index in [2.05, 4.69) is 5.32 Å². The van der Waals surface area contributed by atoms with E-state index in [9.17, 15) is 9.90 Å². The molecule has 22 heavy (non-hydrogen) atoms. The fraction of sp³-hybridized carbons (Fsp3) is 0.944. The number of piperidine rings is 1. The quantitative estimate of drug-likeness (QED) is 0.792. The van der Waals surface area contributed by atoms with Gasteiger partial charge in [0.05, 0.1) is 0 Å². The molecule has 1 amide bonds. The monoisotopic (exact) mass is 308 g/mol. The van der Waals surface area contributed by atoms with E-state index < -0.39 is 5.60 Å². The molecule has 0 spiro atoms. The third-order valence-electron chi connectivity index (χ3n) is 6.02. The number of rotatable bonds is 6. The van der Waals surface area contributed by atoms with Crippen molar-refractivity contribution < 1.29 is 9.90 Å². The van der Waals surface area contributed by atoms with Crippen LogP contribution in [0.25, 0.3) is 0 Å². The molecule has 0 radical (unpaired) electrons. The van der Waals surface area contributed by atoms with Crippen molar-refractivity contribution in [3.05, 3.63) is 0 Å². The lowest BCUT2D eigenvalue weighted by atomic mass is 9.86. The minimum Gasteiger partial charge on any atom is -0.379 e. The standard InChI is InChI=1S/C18H32N2O2/c21-17-18(22,14-19-16-8-4-9-16)11-5-12-20(17)13-10-15-6-2-1-3-7-15/h15-16,19,22H,1-14H2/t18-/m0/s1. The first-order valence-electron chi connectivity index (χ1n) is 9.42. The highest BCUT2D eigenvalue weighted by Gasteiger charge is 2.42. The van der Waals surface area contributed by atoms with E-state index in [0.29, 0.717) is 19.0 Å². The fourth-order valence-electron chi connectivity index (χ4n) is 4.18. The van der Waals surface area contributed by atoms with Gasteiger partial charge in [-0.15, -0.1) is 0 Å². The Hall–Kier alpha value is -0.610. The van der Waals surface area contributed by atoms with E-state index in [1.807, 2.05) is 4.90 Å². The average molecular weight is 308 g/mol. The smallest absolute Gasteiger partial charge is 0.255 e. The number of carbonyl (C=O) groups excluding carboxylic acids is 1. The van der Waals surface area contributed by atoms with Gasteiger partial charge in [-0.1, -0.05) is 38.5 Å². The van der Waals surface area contributed by atoms with Crippen LogP contribution in [0.5, 0.6) is 0 Å². The first kappa shape index (κ1) is 16.3. The van der Waals surface area contributed by atoms with Crippen molar-refractivity contribution in [2.24, 2.45) is 5.92 Å². The number of aliphatic hydroxyl groups is 1. The minimum absolute atomic E-state index is 0.0265. The SMILES string of the molecule is O=C1N(CCC2CCCCC2)CCC[C@]1(O)CNC1CCC1. The summed E-state index contributed by atoms with van der Waals surface area (Å²) < 4.78 is 0. The molecule has 3 fully saturated rings. The highest BCUT2D eigenvalue weighted by atomic mass is 16.3. The maximum Gasteiger partial charge on any atom is 0.255 e. The summed E-state index contributed by atoms with van der Waals surface area (Å²) in [6, 6.07) is 0.523. The number of hydrogen-bond donors (Lipinski definition) is 2. The molecule has 0 aromatic carbocycles. The number of nitrogens with one attached hydrogen (secondary N) is 1. The van der Waals surface area contributed by atoms with Crippen LogP contribution in [-0.2, 0) is 4.79 Å². The van der Waals surface area contributed by atoms with Crippen LogP contribution in [-0.4, -0.2) is 47.2 Å². The zero-order chi connectivity index (χ0) is 15.4. The van der Waals surface area contributed by atoms with E-state index in [1.54, 1.807) is 0 Å². The van der Waals surface area contributed by atoms with Crippen LogP contribution in [0.15, 0.2) is 0 Å². The van der Waals surface area contributed by atoms with Gasteiger partial charge in [-0.3, -0.25) is 4.79 Å². The van der Waals surface area contributed by atoms with E-state index in [0.717, 1.165) is 31.8 Å². The van der Waals surface area contributed by atoms with Gasteiger partial charge in [-0.2, -0.15) is 0 Å². The van der Waals surface area contributed by atoms with E-state index in [-0.39, 0.29) is 5.91 Å². The molecule has 126 valence electrons. The lowest BCUT2D eigenvalue weighted by Crippen LogP contribution is -2.59. The van der Waals surface area contributed by atoms with Crippen molar-refractivity contribution >= 4 is 5.91 Å². The average Bonchev–Trinajstić information content (AvgIpc) is 2.48. The first-order valence-corrected chi connectivity index (χ1v) is 9.42. The van der Waals surface area contributed by atoms with Gasteiger partial charge >= 0.3 is 0 Å². The predicted molar refractivity (Wildman–Crippen MR) is 87.6 cm³/mol. The molecule has 0 unspecified atom stereocenters. The van der Waals surface area contributed by atoms with Gasteiger partial charge in [0.25, 0.3) is 5.91 Å². The highest BCUT2D eigenvalue weighted by molar-refractivity contribution is 5.86. The van der Waals surface area contributed by atoms with Crippen LogP contribution >= 0.6 is 0 Å². The lowest BCUT2D eigenvalue weighted by Gasteiger charge is -2.40. The van der Waals surface area contributed by atoms with Crippen molar-refractivity contribution in [3.8, 4) is 0 Å². The molecule has 0 bridgehead atoms. The molecule has 1 heterocycles. The van der Waals surface area contributed by atoms with Crippen molar-refractivity contribution in [1.29, 1.82) is 0 Å². The molecular formula is C18H32N2O2. The summed E-state index contributed by atoms with van der Waals surface area (Å²) in [6.07, 6.45) is 13.1. The number of hydrogen-bond acceptors (Lipinski definition) is 3. The summed E-state index contributed by atoms with van der Waals surface area (Å²) in [6.45, 7) is 2.11. The molecule has 0 aromatic heterocycles. The zero-order valence-corrected chi connectivity index (χ0v) is 13.9. The predicted octanol–water partition coefficient (Wildman–Crippen LogP) is 2.45. The number of nitrogens with zero attached hydrogens (tertiary/aromatic N) is 1. The van der Waals surface area contributed by atoms with Gasteiger partial charge < -0.3 is 15.3 Å². The Morgan fingerprint density at radius 2 is 1.86 bits per heavy atom. The van der Waals surface area contributed by atoms with Crippen molar-refractivity contribution in [2.75, 3.05) is 19.6 Å². The van der Waals surface area contributed by atoms with Crippen molar-refractivity contribution in [1.82, 2.24) is 10.2 Å². The van der Waals surface area contributed by atoms with Crippen LogP contribution in [0.2, 0.25) is 0 Å². The fourth-order valence-corrected chi connectivity index (χ4v) is 4.18. The Kier molecular flexibility index (Phi) is 5.40. The van der Waals surface area contributed by atoms with Gasteiger partial charge in [-0.25, -0.2) is 0 Å². The number of likely N-dealkylation sites (tertiary alicyclic amines) is 1. The molecule has 3 rings (SSSR count). The Labute approximate surface area is 134 Å². The van der Waals surface area contributed by atoms with Crippen LogP contribution in [0.3, 0.4) is 0 Å². The van der Waals surface area contributed by atoms with E-state index >= 15 is 0 Å². The maximum absolute atomic E-state index is 12.7. The van der Waals surface area contributed by atoms with Gasteiger partial charge in [0.1, 0.15) is 0 Å². The number of amides is 1. The van der Waals surface area contributed by atoms with Crippen LogP contribution in [0.1, 0.15) is 70.6 Å². The van der Waals surface area contributed by atoms with Crippen LogP contribution in [0.4, 0.5) is 0 Å². The summed E-state index contributed by atoms with van der Waals surface area (Å²) in [4.78, 5) is 14.6. The molecule has 3 aliphatic rings. The van der Waals surface area contributed by atoms with Gasteiger partial charge in [0, 0.05) is 25.7 Å². The Bertz CT molecular complexity index is 377. The normalized spacial score (nSPS) is 31.3. The zero-order valence-electron chi connectivity index (χ0n) is 13.9. The third kappa shape index (κ3) is 3.83. The second kappa shape index (κ2) is 7.31. The molecule has 0 aromatic rings. The summed E-state index contributed by atoms with van der Waals surface area (Å²) in [5.41, 5.74) is -1.15. The summed E-state index contributed by atoms with van der Waals surface area (Å²) in [7, 11) is 0. The van der Waals surface area contributed by atoms with Crippen molar-refractivity contribution in [3.63, 3.8) is 0 Å². The molecule has 4 nitrogen and oxygen atoms in total. The minimum atomic E-state index is -1.15. The molecule has 1 atom stereocenters. The largest absolute Gasteiger partial charge is 0.379 e. The Morgan fingerprint density at radius 1 is 1.09 bits per heavy atom. The molecule has 1 aliphatic heterocycles. The lowest BCUT2D eigenvalue weighted by molar-refractivity contribution is -0.157. The van der Waals surface area contributed by atoms with Gasteiger partial charge in [0.2, 0.25) is 0 Å². The van der Waals surface area contributed by atoms with Crippen molar-refractivity contribution in [2.45, 2.75) is 82.3 Å². The number of carbonyl (C=O) groups is 1. The summed E-state index contributed by atoms with van der Waals surface area (Å²) in [5, 5.41) is 14.2. The molecule has 4 heteroatoms. The maximum atomic E-state index is 12.7. The molecule has 2 N–H and O–H groups in total. The molecule has 2 saturated carbocycles. The Balaban J connectivity index is 1.47. The van der Waals surface area contributed by atoms with Gasteiger partial charge in [0.15, 0.2) is 5.60 Å². The topological polar surface area (TPSA) is 52.6 Å². The van der Waals surface area contributed by atoms with E-state index in [4.69, 9.17) is 0 Å². The third-order valence-corrected chi connectivity index (χ3v) is 6.02. The summed E-state index contributed by atoms with van der Waals surface area (Å²) >= 11 is 0. The molecular weight excluding hydrogens is 276 g/mol. The van der Waals surface area contributed by atoms with E-state index in [1.165, 1.54) is 51.4 Å². The second-order valence-corrected chi connectivity index (χ2v) is 7.73. The first-order chi connectivity index (χ1) is 10.7. The van der Waals surface area contributed by atoms with Crippen LogP contribution < -0.4 is 5.32 Å². The van der Waals surface area contributed by atoms with Crippen LogP contribution in [0, 0.1) is 5.92 Å². The molecule has 1 saturated heterocycles. The summed E-state index contributed by atoms with van der Waals surface area (Å²) in [5.74, 6) is 0.769. The highest BCUT2D eigenvalue weighted by Crippen LogP contribution is 2.29. The second-order valence-electron chi connectivity index (χ2n) is 7.73. The molecule has 2 aliphatic carbocycles. The Morgan fingerprint density at radius 3 is 2.55 bits per heavy atom. The van der Waals surface area contributed by atoms with Gasteiger partial charge in [-0.05, 0) is 38.0 Å².